The third-order valence-corrected chi connectivity index (χ3v) is 4.33. The number of carbonyl (C=O) groups excluding carboxylic acids is 2. The Hall–Kier alpha value is -2.78. The summed E-state index contributed by atoms with van der Waals surface area (Å²) in [6.07, 6.45) is -3.86. The van der Waals surface area contributed by atoms with Crippen molar-refractivity contribution >= 4 is 52.5 Å². The van der Waals surface area contributed by atoms with E-state index in [2.05, 4.69) is 5.32 Å². The predicted molar refractivity (Wildman–Crippen MR) is 99.1 cm³/mol. The number of carbonyl (C=O) groups is 2. The minimum Gasteiger partial charge on any atom is -0.298 e. The summed E-state index contributed by atoms with van der Waals surface area (Å²) >= 11 is 10.8. The lowest BCUT2D eigenvalue weighted by Crippen LogP contribution is -2.54. The highest BCUT2D eigenvalue weighted by molar-refractivity contribution is 7.80. The van der Waals surface area contributed by atoms with Gasteiger partial charge in [-0.25, -0.2) is 4.39 Å². The quantitative estimate of drug-likeness (QED) is 0.335. The maximum atomic E-state index is 13.8. The van der Waals surface area contributed by atoms with Crippen LogP contribution in [0.5, 0.6) is 0 Å². The van der Waals surface area contributed by atoms with Gasteiger partial charge in [-0.1, -0.05) is 17.7 Å². The normalized spacial score (nSPS) is 16.5. The fourth-order valence-corrected chi connectivity index (χ4v) is 2.91. The molecule has 0 aromatic heterocycles. The molecule has 1 heterocycles. The number of alkyl halides is 3. The smallest absolute Gasteiger partial charge is 0.298 e. The summed E-state index contributed by atoms with van der Waals surface area (Å²) in [4.78, 5) is 25.9. The van der Waals surface area contributed by atoms with E-state index in [1.54, 1.807) is 0 Å². The van der Waals surface area contributed by atoms with Crippen LogP contribution in [-0.4, -0.2) is 16.9 Å². The van der Waals surface area contributed by atoms with E-state index in [4.69, 9.17) is 23.8 Å². The van der Waals surface area contributed by atoms with Crippen molar-refractivity contribution in [3.63, 3.8) is 0 Å². The number of nitrogens with zero attached hydrogens (tertiary/aromatic N) is 1. The molecule has 1 saturated heterocycles. The van der Waals surface area contributed by atoms with Crippen LogP contribution in [0.1, 0.15) is 11.1 Å². The second-order valence-corrected chi connectivity index (χ2v) is 6.49. The van der Waals surface area contributed by atoms with Gasteiger partial charge in [0.1, 0.15) is 11.4 Å². The van der Waals surface area contributed by atoms with E-state index >= 15 is 0 Å². The van der Waals surface area contributed by atoms with Crippen LogP contribution in [0.4, 0.5) is 23.2 Å². The Kier molecular flexibility index (Phi) is 5.22. The number of rotatable bonds is 2. The zero-order chi connectivity index (χ0) is 20.6. The first-order chi connectivity index (χ1) is 13.1. The van der Waals surface area contributed by atoms with Gasteiger partial charge in [-0.05, 0) is 60.3 Å². The van der Waals surface area contributed by atoms with Crippen molar-refractivity contribution in [3.8, 4) is 0 Å². The van der Waals surface area contributed by atoms with Crippen molar-refractivity contribution in [2.45, 2.75) is 6.18 Å². The van der Waals surface area contributed by atoms with E-state index in [0.29, 0.717) is 22.8 Å². The van der Waals surface area contributed by atoms with Crippen LogP contribution in [0.15, 0.2) is 48.0 Å². The van der Waals surface area contributed by atoms with Gasteiger partial charge in [-0.3, -0.25) is 19.8 Å². The van der Waals surface area contributed by atoms with Gasteiger partial charge >= 0.3 is 6.18 Å². The van der Waals surface area contributed by atoms with Crippen LogP contribution >= 0.6 is 23.8 Å². The van der Waals surface area contributed by atoms with Gasteiger partial charge in [0.05, 0.1) is 11.3 Å². The number of nitrogens with one attached hydrogen (secondary N) is 1. The van der Waals surface area contributed by atoms with Gasteiger partial charge < -0.3 is 0 Å². The molecule has 0 atom stereocenters. The summed E-state index contributed by atoms with van der Waals surface area (Å²) in [6, 6.07) is 8.11. The largest absolute Gasteiger partial charge is 0.419 e. The Bertz CT molecular complexity index is 1020. The molecule has 0 radical (unpaired) electrons. The molecular formula is C18H9ClF4N2O2S. The molecule has 1 fully saturated rings. The van der Waals surface area contributed by atoms with Gasteiger partial charge in [0.25, 0.3) is 11.8 Å². The van der Waals surface area contributed by atoms with Crippen molar-refractivity contribution in [2.24, 2.45) is 0 Å². The lowest BCUT2D eigenvalue weighted by molar-refractivity contribution is -0.140. The predicted octanol–water partition coefficient (Wildman–Crippen LogP) is 4.33. The highest BCUT2D eigenvalue weighted by Gasteiger charge is 2.36. The van der Waals surface area contributed by atoms with Gasteiger partial charge in [0, 0.05) is 5.02 Å². The number of benzene rings is 2. The number of amides is 2. The average Bonchev–Trinajstić information content (AvgIpc) is 2.59. The molecule has 28 heavy (non-hydrogen) atoms. The maximum absolute atomic E-state index is 13.8. The molecule has 0 saturated carbocycles. The van der Waals surface area contributed by atoms with E-state index in [-0.39, 0.29) is 10.7 Å². The second kappa shape index (κ2) is 7.33. The molecular weight excluding hydrogens is 420 g/mol. The molecule has 144 valence electrons. The Labute approximate surface area is 166 Å². The first-order valence-electron chi connectivity index (χ1n) is 7.61. The second-order valence-electron chi connectivity index (χ2n) is 5.67. The molecule has 2 aromatic rings. The molecule has 0 bridgehead atoms. The molecule has 3 rings (SSSR count). The van der Waals surface area contributed by atoms with E-state index in [1.165, 1.54) is 24.3 Å². The Morgan fingerprint density at radius 1 is 1.07 bits per heavy atom. The van der Waals surface area contributed by atoms with Gasteiger partial charge in [-0.15, -0.1) is 0 Å². The standard InChI is InChI=1S/C18H9ClF4N2O2S/c19-10-2-4-11(5-3-10)25-16(27)12(15(26)24-17(25)28)7-9-1-6-13(14(20)8-9)18(21,22)23/h1-8H,(H,24,26,28)/b12-7+. The highest BCUT2D eigenvalue weighted by atomic mass is 35.5. The monoisotopic (exact) mass is 428 g/mol. The zero-order valence-electron chi connectivity index (χ0n) is 13.7. The fourth-order valence-electron chi connectivity index (χ4n) is 2.50. The third-order valence-electron chi connectivity index (χ3n) is 3.80. The van der Waals surface area contributed by atoms with Crippen LogP contribution in [-0.2, 0) is 15.8 Å². The lowest BCUT2D eigenvalue weighted by atomic mass is 10.0. The van der Waals surface area contributed by atoms with Gasteiger partial charge in [-0.2, -0.15) is 13.2 Å². The zero-order valence-corrected chi connectivity index (χ0v) is 15.3. The Balaban J connectivity index is 1.99. The lowest BCUT2D eigenvalue weighted by Gasteiger charge is -2.29. The molecule has 2 aromatic carbocycles. The summed E-state index contributed by atoms with van der Waals surface area (Å²) in [5.74, 6) is -3.17. The van der Waals surface area contributed by atoms with E-state index < -0.39 is 34.9 Å². The molecule has 1 aliphatic rings. The van der Waals surface area contributed by atoms with Crippen LogP contribution in [0.3, 0.4) is 0 Å². The molecule has 0 aliphatic carbocycles. The number of anilines is 1. The molecule has 0 spiro atoms. The van der Waals surface area contributed by atoms with Crippen molar-refractivity contribution in [1.82, 2.24) is 5.32 Å². The number of halogens is 5. The van der Waals surface area contributed by atoms with Crippen LogP contribution in [0, 0.1) is 5.82 Å². The molecule has 10 heteroatoms. The Morgan fingerprint density at radius 3 is 2.29 bits per heavy atom. The van der Waals surface area contributed by atoms with E-state index in [9.17, 15) is 27.2 Å². The molecule has 1 N–H and O–H groups in total. The number of hydrogen-bond acceptors (Lipinski definition) is 3. The maximum Gasteiger partial charge on any atom is 0.419 e. The molecule has 4 nitrogen and oxygen atoms in total. The minimum atomic E-state index is -4.86. The molecule has 1 aliphatic heterocycles. The summed E-state index contributed by atoms with van der Waals surface area (Å²) < 4.78 is 51.8. The van der Waals surface area contributed by atoms with Crippen molar-refractivity contribution in [1.29, 1.82) is 0 Å². The van der Waals surface area contributed by atoms with Crippen LogP contribution < -0.4 is 10.2 Å². The van der Waals surface area contributed by atoms with Gasteiger partial charge in [0.15, 0.2) is 5.11 Å². The number of thiocarbonyl (C=S) groups is 1. The Morgan fingerprint density at radius 2 is 1.71 bits per heavy atom. The van der Waals surface area contributed by atoms with E-state index in [0.717, 1.165) is 17.0 Å². The van der Waals surface area contributed by atoms with Crippen molar-refractivity contribution in [3.05, 3.63) is 70.0 Å². The molecule has 2 amide bonds. The summed E-state index contributed by atoms with van der Waals surface area (Å²) in [5.41, 5.74) is -1.63. The number of hydrogen-bond donors (Lipinski definition) is 1. The van der Waals surface area contributed by atoms with Gasteiger partial charge in [0.2, 0.25) is 0 Å². The van der Waals surface area contributed by atoms with Crippen LogP contribution in [0.25, 0.3) is 6.08 Å². The average molecular weight is 429 g/mol. The fraction of sp³-hybridized carbons (Fsp3) is 0.0556. The summed E-state index contributed by atoms with van der Waals surface area (Å²) in [5, 5.41) is 2.56. The summed E-state index contributed by atoms with van der Waals surface area (Å²) in [6.45, 7) is 0. The van der Waals surface area contributed by atoms with E-state index in [1.807, 2.05) is 0 Å². The van der Waals surface area contributed by atoms with Crippen molar-refractivity contribution in [2.75, 3.05) is 4.90 Å². The molecule has 0 unspecified atom stereocenters. The third kappa shape index (κ3) is 3.90. The first-order valence-corrected chi connectivity index (χ1v) is 8.40. The summed E-state index contributed by atoms with van der Waals surface area (Å²) in [7, 11) is 0. The first kappa shape index (κ1) is 20.0. The minimum absolute atomic E-state index is 0.0899. The topological polar surface area (TPSA) is 49.4 Å². The van der Waals surface area contributed by atoms with Crippen LogP contribution in [0.2, 0.25) is 5.02 Å². The highest BCUT2D eigenvalue weighted by Crippen LogP contribution is 2.32. The SMILES string of the molecule is O=C1NC(=S)N(c2ccc(Cl)cc2)C(=O)/C1=C/c1ccc(C(F)(F)F)c(F)c1. The van der Waals surface area contributed by atoms with Crippen molar-refractivity contribution < 1.29 is 27.2 Å².